The molecule has 1 aromatic carbocycles. The Bertz CT molecular complexity index is 744. The van der Waals surface area contributed by atoms with Gasteiger partial charge < -0.3 is 9.73 Å². The number of hydrogen-bond acceptors (Lipinski definition) is 3. The van der Waals surface area contributed by atoms with Gasteiger partial charge in [-0.3, -0.25) is 10.2 Å². The highest BCUT2D eigenvalue weighted by atomic mass is 35.5. The fourth-order valence-electron chi connectivity index (χ4n) is 1.92. The van der Waals surface area contributed by atoms with Gasteiger partial charge in [-0.25, -0.2) is 10.2 Å². The largest absolute Gasteiger partial charge is 0.466 e. The number of aryl methyl sites for hydroxylation is 2. The molecule has 23 heavy (non-hydrogen) atoms. The third-order valence-corrected chi connectivity index (χ3v) is 3.62. The number of carbonyl (C=O) groups is 2. The molecular formula is C15H15Cl2N3O3. The van der Waals surface area contributed by atoms with Crippen LogP contribution < -0.4 is 16.2 Å². The van der Waals surface area contributed by atoms with Crippen molar-refractivity contribution in [3.8, 4) is 0 Å². The SMILES string of the molecule is Cc1cc(C(=O)NNC(=O)NCc2ccc(Cl)cc2Cl)c(C)o1. The Balaban J connectivity index is 1.83. The maximum atomic E-state index is 11.9. The van der Waals surface area contributed by atoms with E-state index in [9.17, 15) is 9.59 Å². The van der Waals surface area contributed by atoms with Crippen LogP contribution in [0.3, 0.4) is 0 Å². The molecular weight excluding hydrogens is 341 g/mol. The molecule has 8 heteroatoms. The van der Waals surface area contributed by atoms with E-state index in [1.807, 2.05) is 0 Å². The van der Waals surface area contributed by atoms with Gasteiger partial charge in [-0.1, -0.05) is 29.3 Å². The quantitative estimate of drug-likeness (QED) is 0.738. The molecule has 122 valence electrons. The van der Waals surface area contributed by atoms with Gasteiger partial charge in [0, 0.05) is 16.6 Å². The topological polar surface area (TPSA) is 83.4 Å². The molecule has 0 spiro atoms. The summed E-state index contributed by atoms with van der Waals surface area (Å²) in [5.41, 5.74) is 5.63. The predicted molar refractivity (Wildman–Crippen MR) is 87.5 cm³/mol. The van der Waals surface area contributed by atoms with E-state index in [0.717, 1.165) is 0 Å². The van der Waals surface area contributed by atoms with E-state index in [2.05, 4.69) is 16.2 Å². The first-order valence-electron chi connectivity index (χ1n) is 6.72. The first kappa shape index (κ1) is 17.2. The average Bonchev–Trinajstić information content (AvgIpc) is 2.82. The highest BCUT2D eigenvalue weighted by molar-refractivity contribution is 6.35. The first-order chi connectivity index (χ1) is 10.9. The number of carbonyl (C=O) groups excluding carboxylic acids is 2. The van der Waals surface area contributed by atoms with Crippen LogP contribution in [0.4, 0.5) is 4.79 Å². The van der Waals surface area contributed by atoms with Crippen LogP contribution in [-0.2, 0) is 6.54 Å². The lowest BCUT2D eigenvalue weighted by Gasteiger charge is -2.09. The highest BCUT2D eigenvalue weighted by Gasteiger charge is 2.14. The molecule has 1 aromatic heterocycles. The van der Waals surface area contributed by atoms with Crippen molar-refractivity contribution in [2.24, 2.45) is 0 Å². The molecule has 0 aliphatic heterocycles. The molecule has 0 aliphatic carbocycles. The van der Waals surface area contributed by atoms with E-state index in [0.29, 0.717) is 32.7 Å². The number of hydrogen-bond donors (Lipinski definition) is 3. The van der Waals surface area contributed by atoms with E-state index in [4.69, 9.17) is 27.6 Å². The molecule has 1 heterocycles. The molecule has 0 radical (unpaired) electrons. The molecule has 0 fully saturated rings. The first-order valence-corrected chi connectivity index (χ1v) is 7.47. The number of halogens is 2. The molecule has 3 N–H and O–H groups in total. The molecule has 0 saturated carbocycles. The summed E-state index contributed by atoms with van der Waals surface area (Å²) in [6.45, 7) is 3.60. The lowest BCUT2D eigenvalue weighted by atomic mass is 10.2. The van der Waals surface area contributed by atoms with Crippen LogP contribution in [0.15, 0.2) is 28.7 Å². The van der Waals surface area contributed by atoms with E-state index >= 15 is 0 Å². The average molecular weight is 356 g/mol. The Hall–Kier alpha value is -2.18. The van der Waals surface area contributed by atoms with Gasteiger partial charge in [-0.05, 0) is 37.6 Å². The van der Waals surface area contributed by atoms with E-state index in [1.165, 1.54) is 0 Å². The van der Waals surface area contributed by atoms with E-state index in [1.54, 1.807) is 38.1 Å². The van der Waals surface area contributed by atoms with Crippen molar-refractivity contribution >= 4 is 35.1 Å². The van der Waals surface area contributed by atoms with Crippen molar-refractivity contribution in [2.75, 3.05) is 0 Å². The van der Waals surface area contributed by atoms with Gasteiger partial charge >= 0.3 is 6.03 Å². The maximum Gasteiger partial charge on any atom is 0.333 e. The smallest absolute Gasteiger partial charge is 0.333 e. The monoisotopic (exact) mass is 355 g/mol. The Morgan fingerprint density at radius 3 is 2.48 bits per heavy atom. The summed E-state index contributed by atoms with van der Waals surface area (Å²) in [5.74, 6) is 0.642. The van der Waals surface area contributed by atoms with E-state index in [-0.39, 0.29) is 6.54 Å². The summed E-state index contributed by atoms with van der Waals surface area (Å²) in [4.78, 5) is 23.6. The second kappa shape index (κ2) is 7.39. The number of furan rings is 1. The van der Waals surface area contributed by atoms with Crippen molar-refractivity contribution in [2.45, 2.75) is 20.4 Å². The van der Waals surface area contributed by atoms with Crippen LogP contribution in [0.25, 0.3) is 0 Å². The van der Waals surface area contributed by atoms with E-state index < -0.39 is 11.9 Å². The summed E-state index contributed by atoms with van der Waals surface area (Å²) in [6, 6.07) is 6.00. The number of amides is 3. The predicted octanol–water partition coefficient (Wildman–Crippen LogP) is 3.35. The Kier molecular flexibility index (Phi) is 5.52. The minimum Gasteiger partial charge on any atom is -0.466 e. The molecule has 6 nitrogen and oxygen atoms in total. The molecule has 0 aliphatic rings. The summed E-state index contributed by atoms with van der Waals surface area (Å²) in [5, 5.41) is 3.54. The molecule has 0 saturated heterocycles. The molecule has 0 atom stereocenters. The third kappa shape index (κ3) is 4.64. The number of nitrogens with one attached hydrogen (secondary N) is 3. The Labute approximate surface area is 143 Å². The molecule has 2 rings (SSSR count). The van der Waals surface area contributed by atoms with Crippen molar-refractivity contribution in [1.82, 2.24) is 16.2 Å². The minimum atomic E-state index is -0.567. The van der Waals surface area contributed by atoms with Crippen LogP contribution >= 0.6 is 23.2 Å². The van der Waals surface area contributed by atoms with Gasteiger partial charge in [-0.2, -0.15) is 0 Å². The number of hydrazine groups is 1. The summed E-state index contributed by atoms with van der Waals surface area (Å²) >= 11 is 11.8. The van der Waals surface area contributed by atoms with Gasteiger partial charge in [0.1, 0.15) is 11.5 Å². The molecule has 3 amide bonds. The number of urea groups is 1. The van der Waals surface area contributed by atoms with Crippen molar-refractivity contribution in [3.05, 3.63) is 57.0 Å². The van der Waals surface area contributed by atoms with Gasteiger partial charge in [-0.15, -0.1) is 0 Å². The van der Waals surface area contributed by atoms with Gasteiger partial charge in [0.15, 0.2) is 0 Å². The van der Waals surface area contributed by atoms with Crippen molar-refractivity contribution in [1.29, 1.82) is 0 Å². The molecule has 0 unspecified atom stereocenters. The van der Waals surface area contributed by atoms with Crippen LogP contribution in [0.5, 0.6) is 0 Å². The fraction of sp³-hybridized carbons (Fsp3) is 0.200. The van der Waals surface area contributed by atoms with Gasteiger partial charge in [0.2, 0.25) is 0 Å². The number of benzene rings is 1. The Morgan fingerprint density at radius 1 is 1.13 bits per heavy atom. The lowest BCUT2D eigenvalue weighted by Crippen LogP contribution is -2.46. The van der Waals surface area contributed by atoms with Crippen molar-refractivity contribution in [3.63, 3.8) is 0 Å². The fourth-order valence-corrected chi connectivity index (χ4v) is 2.40. The van der Waals surface area contributed by atoms with Crippen LogP contribution in [-0.4, -0.2) is 11.9 Å². The van der Waals surface area contributed by atoms with Crippen LogP contribution in [0.2, 0.25) is 10.0 Å². The highest BCUT2D eigenvalue weighted by Crippen LogP contribution is 2.20. The second-order valence-electron chi connectivity index (χ2n) is 4.82. The minimum absolute atomic E-state index is 0.196. The zero-order chi connectivity index (χ0) is 17.0. The van der Waals surface area contributed by atoms with Gasteiger partial charge in [0.05, 0.1) is 5.56 Å². The molecule has 2 aromatic rings. The maximum absolute atomic E-state index is 11.9. The second-order valence-corrected chi connectivity index (χ2v) is 5.67. The zero-order valence-electron chi connectivity index (χ0n) is 12.5. The van der Waals surface area contributed by atoms with Crippen LogP contribution in [0, 0.1) is 13.8 Å². The number of rotatable bonds is 3. The Morgan fingerprint density at radius 2 is 1.87 bits per heavy atom. The lowest BCUT2D eigenvalue weighted by molar-refractivity contribution is 0.0934. The van der Waals surface area contributed by atoms with Crippen molar-refractivity contribution < 1.29 is 14.0 Å². The van der Waals surface area contributed by atoms with Crippen LogP contribution in [0.1, 0.15) is 27.4 Å². The summed E-state index contributed by atoms with van der Waals surface area (Å²) in [7, 11) is 0. The summed E-state index contributed by atoms with van der Waals surface area (Å²) in [6.07, 6.45) is 0. The summed E-state index contributed by atoms with van der Waals surface area (Å²) < 4.78 is 5.26. The van der Waals surface area contributed by atoms with Gasteiger partial charge in [0.25, 0.3) is 5.91 Å². The third-order valence-electron chi connectivity index (χ3n) is 3.03. The zero-order valence-corrected chi connectivity index (χ0v) is 14.0. The standard InChI is InChI=1S/C15H15Cl2N3O3/c1-8-5-12(9(2)23-8)14(21)19-20-15(22)18-7-10-3-4-11(16)6-13(10)17/h3-6H,7H2,1-2H3,(H,19,21)(H2,18,20,22). The molecule has 0 bridgehead atoms. The normalized spacial score (nSPS) is 10.3.